The Kier molecular flexibility index (Phi) is 6.25. The molecule has 3 heterocycles. The fourth-order valence-corrected chi connectivity index (χ4v) is 7.04. The summed E-state index contributed by atoms with van der Waals surface area (Å²) in [6.07, 6.45) is 1.76. The summed E-state index contributed by atoms with van der Waals surface area (Å²) in [4.78, 5) is 19.4. The van der Waals surface area contributed by atoms with E-state index in [4.69, 9.17) is 0 Å². The third-order valence-electron chi connectivity index (χ3n) is 4.43. The summed E-state index contributed by atoms with van der Waals surface area (Å²) in [6, 6.07) is 4.11. The number of thiazole rings is 1. The Morgan fingerprint density at radius 3 is 2.57 bits per heavy atom. The number of aromatic nitrogens is 2. The number of halogens is 1. The normalized spacial score (nSPS) is 13.2. The summed E-state index contributed by atoms with van der Waals surface area (Å²) in [6.45, 7) is 5.66. The molecule has 160 valence electrons. The largest absolute Gasteiger partial charge is 0.465 e. The SMILES string of the molecule is CC(C)(C)C(Cc1cc(-c2cccnc2F)c(S(=O)(=O)c2nccs2)s1)NC(=O)O. The number of carboxylic acid groups (broad SMARTS) is 1. The van der Waals surface area contributed by atoms with Crippen LogP contribution in [0.4, 0.5) is 9.18 Å². The van der Waals surface area contributed by atoms with Gasteiger partial charge in [0.15, 0.2) is 0 Å². The van der Waals surface area contributed by atoms with Gasteiger partial charge in [-0.25, -0.2) is 23.2 Å². The number of nitrogens with one attached hydrogen (secondary N) is 1. The fraction of sp³-hybridized carbons (Fsp3) is 0.316. The lowest BCUT2D eigenvalue weighted by molar-refractivity contribution is 0.174. The number of hydrogen-bond acceptors (Lipinski definition) is 7. The minimum absolute atomic E-state index is 0.0395. The van der Waals surface area contributed by atoms with Crippen molar-refractivity contribution >= 4 is 38.6 Å². The second kappa shape index (κ2) is 8.40. The highest BCUT2D eigenvalue weighted by Crippen LogP contribution is 2.40. The van der Waals surface area contributed by atoms with Gasteiger partial charge in [0.2, 0.25) is 20.1 Å². The molecule has 0 aromatic carbocycles. The van der Waals surface area contributed by atoms with Crippen LogP contribution in [0.2, 0.25) is 0 Å². The van der Waals surface area contributed by atoms with Crippen molar-refractivity contribution in [3.8, 4) is 11.1 Å². The van der Waals surface area contributed by atoms with Crippen LogP contribution in [0, 0.1) is 11.4 Å². The molecular formula is C19H20FN3O4S3. The maximum atomic E-state index is 14.4. The summed E-state index contributed by atoms with van der Waals surface area (Å²) in [5.74, 6) is -0.784. The first-order valence-electron chi connectivity index (χ1n) is 8.88. The van der Waals surface area contributed by atoms with Crippen molar-refractivity contribution in [3.63, 3.8) is 0 Å². The van der Waals surface area contributed by atoms with Crippen molar-refractivity contribution < 1.29 is 22.7 Å². The number of hydrogen-bond donors (Lipinski definition) is 2. The minimum atomic E-state index is -3.97. The molecule has 2 N–H and O–H groups in total. The monoisotopic (exact) mass is 469 g/mol. The number of rotatable bonds is 6. The maximum Gasteiger partial charge on any atom is 0.404 e. The zero-order valence-corrected chi connectivity index (χ0v) is 18.9. The molecule has 11 heteroatoms. The van der Waals surface area contributed by atoms with Gasteiger partial charge in [0.1, 0.15) is 4.21 Å². The smallest absolute Gasteiger partial charge is 0.404 e. The molecule has 0 spiro atoms. The second-order valence-electron chi connectivity index (χ2n) is 7.63. The average Bonchev–Trinajstić information content (AvgIpc) is 3.31. The van der Waals surface area contributed by atoms with E-state index in [0.717, 1.165) is 22.7 Å². The van der Waals surface area contributed by atoms with E-state index in [0.29, 0.717) is 4.88 Å². The number of thiophene rings is 1. The summed E-state index contributed by atoms with van der Waals surface area (Å²) in [5, 5.41) is 13.2. The third kappa shape index (κ3) is 4.68. The minimum Gasteiger partial charge on any atom is -0.465 e. The van der Waals surface area contributed by atoms with Crippen LogP contribution in [0.3, 0.4) is 0 Å². The van der Waals surface area contributed by atoms with Gasteiger partial charge in [-0.05, 0) is 23.6 Å². The number of sulfone groups is 1. The lowest BCUT2D eigenvalue weighted by atomic mass is 9.84. The van der Waals surface area contributed by atoms with Crippen LogP contribution in [-0.2, 0) is 16.3 Å². The molecule has 0 saturated carbocycles. The molecule has 3 aromatic rings. The van der Waals surface area contributed by atoms with Gasteiger partial charge in [-0.3, -0.25) is 0 Å². The molecule has 0 aliphatic carbocycles. The van der Waals surface area contributed by atoms with Crippen molar-refractivity contribution in [1.82, 2.24) is 15.3 Å². The van der Waals surface area contributed by atoms with Crippen LogP contribution in [0.15, 0.2) is 44.5 Å². The van der Waals surface area contributed by atoms with Crippen molar-refractivity contribution in [2.75, 3.05) is 0 Å². The van der Waals surface area contributed by atoms with Crippen molar-refractivity contribution in [2.24, 2.45) is 5.41 Å². The molecule has 1 unspecified atom stereocenters. The van der Waals surface area contributed by atoms with Crippen LogP contribution < -0.4 is 5.32 Å². The van der Waals surface area contributed by atoms with Gasteiger partial charge in [-0.15, -0.1) is 22.7 Å². The molecular weight excluding hydrogens is 449 g/mol. The standard InChI is InChI=1S/C19H20FN3O4S3/c1-19(2,3)14(23-17(24)25)10-11-9-13(12-5-4-6-21-15(12)20)16(29-11)30(26,27)18-22-7-8-28-18/h4-9,14,23H,10H2,1-3H3,(H,24,25). The van der Waals surface area contributed by atoms with E-state index in [-0.39, 0.29) is 26.1 Å². The highest BCUT2D eigenvalue weighted by atomic mass is 32.3. The summed E-state index contributed by atoms with van der Waals surface area (Å²) < 4.78 is 40.6. The molecule has 0 radical (unpaired) electrons. The van der Waals surface area contributed by atoms with Gasteiger partial charge in [0.25, 0.3) is 0 Å². The van der Waals surface area contributed by atoms with Crippen LogP contribution in [0.1, 0.15) is 25.6 Å². The Hall–Kier alpha value is -2.37. The van der Waals surface area contributed by atoms with Crippen LogP contribution in [-0.4, -0.2) is 35.6 Å². The Labute approximate surface area is 181 Å². The lowest BCUT2D eigenvalue weighted by Gasteiger charge is -2.30. The van der Waals surface area contributed by atoms with Crippen LogP contribution >= 0.6 is 22.7 Å². The van der Waals surface area contributed by atoms with Crippen LogP contribution in [0.25, 0.3) is 11.1 Å². The van der Waals surface area contributed by atoms with Crippen molar-refractivity contribution in [3.05, 3.63) is 46.8 Å². The molecule has 0 bridgehead atoms. The number of carbonyl (C=O) groups is 1. The third-order valence-corrected chi connectivity index (χ3v) is 9.08. The first-order valence-corrected chi connectivity index (χ1v) is 12.1. The molecule has 0 saturated heterocycles. The Bertz CT molecular complexity index is 1150. The molecule has 1 amide bonds. The van der Waals surface area contributed by atoms with Crippen molar-refractivity contribution in [2.45, 2.75) is 41.8 Å². The lowest BCUT2D eigenvalue weighted by Crippen LogP contribution is -2.44. The number of nitrogens with zero attached hydrogens (tertiary/aromatic N) is 2. The molecule has 0 aliphatic rings. The summed E-state index contributed by atoms with van der Waals surface area (Å²) in [5.41, 5.74) is -0.163. The van der Waals surface area contributed by atoms with Gasteiger partial charge in [0, 0.05) is 46.2 Å². The predicted octanol–water partition coefficient (Wildman–Crippen LogP) is 4.46. The first kappa shape index (κ1) is 22.3. The van der Waals surface area contributed by atoms with Gasteiger partial charge < -0.3 is 10.4 Å². The average molecular weight is 470 g/mol. The Balaban J connectivity index is 2.14. The summed E-state index contributed by atoms with van der Waals surface area (Å²) >= 11 is 1.97. The van der Waals surface area contributed by atoms with E-state index < -0.39 is 33.3 Å². The van der Waals surface area contributed by atoms with Gasteiger partial charge in [-0.2, -0.15) is 4.39 Å². The summed E-state index contributed by atoms with van der Waals surface area (Å²) in [7, 11) is -3.97. The van der Waals surface area contributed by atoms with Crippen molar-refractivity contribution in [1.29, 1.82) is 0 Å². The number of pyridine rings is 1. The molecule has 3 rings (SSSR count). The zero-order chi connectivity index (χ0) is 22.1. The molecule has 0 aliphatic heterocycles. The topological polar surface area (TPSA) is 109 Å². The van der Waals surface area contributed by atoms with E-state index in [1.165, 1.54) is 24.5 Å². The van der Waals surface area contributed by atoms with Gasteiger partial charge in [0.05, 0.1) is 0 Å². The second-order valence-corrected chi connectivity index (χ2v) is 12.0. The molecule has 3 aromatic heterocycles. The highest BCUT2D eigenvalue weighted by Gasteiger charge is 2.32. The Morgan fingerprint density at radius 2 is 2.00 bits per heavy atom. The molecule has 1 atom stereocenters. The first-order chi connectivity index (χ1) is 14.0. The molecule has 7 nitrogen and oxygen atoms in total. The highest BCUT2D eigenvalue weighted by molar-refractivity contribution is 7.95. The predicted molar refractivity (Wildman–Crippen MR) is 113 cm³/mol. The zero-order valence-electron chi connectivity index (χ0n) is 16.4. The van der Waals surface area contributed by atoms with E-state index in [9.17, 15) is 22.7 Å². The fourth-order valence-electron chi connectivity index (χ4n) is 2.84. The van der Waals surface area contributed by atoms with Crippen LogP contribution in [0.5, 0.6) is 0 Å². The maximum absolute atomic E-state index is 14.4. The quantitative estimate of drug-likeness (QED) is 0.516. The van der Waals surface area contributed by atoms with Gasteiger partial charge in [-0.1, -0.05) is 20.8 Å². The molecule has 0 fully saturated rings. The van der Waals surface area contributed by atoms with Gasteiger partial charge >= 0.3 is 6.09 Å². The molecule has 30 heavy (non-hydrogen) atoms. The Morgan fingerprint density at radius 1 is 1.27 bits per heavy atom. The number of amides is 1. The van der Waals surface area contributed by atoms with E-state index in [1.807, 2.05) is 20.8 Å². The van der Waals surface area contributed by atoms with E-state index in [2.05, 4.69) is 15.3 Å². The van der Waals surface area contributed by atoms with E-state index in [1.54, 1.807) is 11.4 Å². The van der Waals surface area contributed by atoms with E-state index >= 15 is 0 Å².